The number of alkyl carbamates (subject to hydrolysis) is 1. The Hall–Kier alpha value is -3.35. The third kappa shape index (κ3) is 6.57. The van der Waals surface area contributed by atoms with Crippen LogP contribution in [0.4, 0.5) is 4.79 Å². The van der Waals surface area contributed by atoms with Gasteiger partial charge in [0.15, 0.2) is 0 Å². The molecule has 0 radical (unpaired) electrons. The average Bonchev–Trinajstić information content (AvgIpc) is 3.12. The van der Waals surface area contributed by atoms with E-state index in [4.69, 9.17) is 9.84 Å². The molecule has 2 unspecified atom stereocenters. The molecule has 3 N–H and O–H groups in total. The average molecular weight is 453 g/mol. The van der Waals surface area contributed by atoms with Crippen LogP contribution in [0.3, 0.4) is 0 Å². The molecule has 2 amide bonds. The lowest BCUT2D eigenvalue weighted by atomic mass is 9.98. The highest BCUT2D eigenvalue weighted by atomic mass is 16.5. The lowest BCUT2D eigenvalue weighted by Gasteiger charge is -2.17. The van der Waals surface area contributed by atoms with Crippen molar-refractivity contribution in [3.8, 4) is 11.1 Å². The number of nitrogens with one attached hydrogen (secondary N) is 2. The fourth-order valence-electron chi connectivity index (χ4n) is 4.23. The van der Waals surface area contributed by atoms with E-state index in [1.807, 2.05) is 38.1 Å². The van der Waals surface area contributed by atoms with E-state index in [0.29, 0.717) is 19.5 Å². The standard InChI is InChI=1S/C26H32N2O5/c1-3-18(13-25(30)31)15-27-24(29)12-17(2)14-28-26(32)33-16-23-21-10-6-4-8-19(21)20-9-5-7-11-22(20)23/h4-11,17-18,23H,3,12-16H2,1-2H3,(H,27,29)(H,28,32)(H,30,31). The van der Waals surface area contributed by atoms with Crippen LogP contribution in [0.5, 0.6) is 0 Å². The van der Waals surface area contributed by atoms with E-state index in [-0.39, 0.29) is 43.1 Å². The molecule has 176 valence electrons. The van der Waals surface area contributed by atoms with Crippen LogP contribution in [0, 0.1) is 11.8 Å². The van der Waals surface area contributed by atoms with Crippen LogP contribution in [0.1, 0.15) is 50.2 Å². The zero-order valence-corrected chi connectivity index (χ0v) is 19.2. The van der Waals surface area contributed by atoms with Crippen molar-refractivity contribution in [2.75, 3.05) is 19.7 Å². The number of benzene rings is 2. The monoisotopic (exact) mass is 452 g/mol. The van der Waals surface area contributed by atoms with E-state index in [2.05, 4.69) is 34.9 Å². The van der Waals surface area contributed by atoms with E-state index < -0.39 is 12.1 Å². The number of hydrogen-bond acceptors (Lipinski definition) is 4. The summed E-state index contributed by atoms with van der Waals surface area (Å²) in [6.45, 7) is 4.68. The van der Waals surface area contributed by atoms with Crippen molar-refractivity contribution in [2.45, 2.75) is 39.0 Å². The maximum absolute atomic E-state index is 12.3. The first-order chi connectivity index (χ1) is 15.9. The first kappa shape index (κ1) is 24.3. The van der Waals surface area contributed by atoms with Crippen molar-refractivity contribution in [1.82, 2.24) is 10.6 Å². The van der Waals surface area contributed by atoms with E-state index in [1.165, 1.54) is 11.1 Å². The largest absolute Gasteiger partial charge is 0.481 e. The molecule has 1 aliphatic rings. The molecule has 0 saturated heterocycles. The molecule has 1 aliphatic carbocycles. The Labute approximate surface area is 194 Å². The fourth-order valence-corrected chi connectivity index (χ4v) is 4.23. The lowest BCUT2D eigenvalue weighted by Crippen LogP contribution is -2.34. The van der Waals surface area contributed by atoms with Crippen molar-refractivity contribution >= 4 is 18.0 Å². The second-order valence-electron chi connectivity index (χ2n) is 8.69. The van der Waals surface area contributed by atoms with Crippen LogP contribution < -0.4 is 10.6 Å². The van der Waals surface area contributed by atoms with Crippen LogP contribution in [-0.4, -0.2) is 42.8 Å². The molecule has 0 spiro atoms. The minimum absolute atomic E-state index is 0.00339. The third-order valence-electron chi connectivity index (χ3n) is 6.10. The van der Waals surface area contributed by atoms with Gasteiger partial charge in [0.25, 0.3) is 0 Å². The summed E-state index contributed by atoms with van der Waals surface area (Å²) in [5.41, 5.74) is 4.67. The predicted molar refractivity (Wildman–Crippen MR) is 126 cm³/mol. The quantitative estimate of drug-likeness (QED) is 0.475. The smallest absolute Gasteiger partial charge is 0.407 e. The molecule has 0 aromatic heterocycles. The van der Waals surface area contributed by atoms with Crippen LogP contribution >= 0.6 is 0 Å². The molecule has 7 heteroatoms. The number of hydrogen-bond donors (Lipinski definition) is 3. The summed E-state index contributed by atoms with van der Waals surface area (Å²) < 4.78 is 5.52. The minimum Gasteiger partial charge on any atom is -0.481 e. The highest BCUT2D eigenvalue weighted by Crippen LogP contribution is 2.44. The first-order valence-electron chi connectivity index (χ1n) is 11.5. The first-order valence-corrected chi connectivity index (χ1v) is 11.5. The van der Waals surface area contributed by atoms with Gasteiger partial charge in [0.1, 0.15) is 6.61 Å². The molecule has 33 heavy (non-hydrogen) atoms. The molecular weight excluding hydrogens is 420 g/mol. The Balaban J connectivity index is 1.42. The van der Waals surface area contributed by atoms with Gasteiger partial charge < -0.3 is 20.5 Å². The Bertz CT molecular complexity index is 945. The van der Waals surface area contributed by atoms with E-state index in [9.17, 15) is 14.4 Å². The zero-order valence-electron chi connectivity index (χ0n) is 19.2. The van der Waals surface area contributed by atoms with E-state index in [0.717, 1.165) is 11.1 Å². The third-order valence-corrected chi connectivity index (χ3v) is 6.10. The van der Waals surface area contributed by atoms with Gasteiger partial charge in [0.2, 0.25) is 5.91 Å². The molecule has 3 rings (SSSR count). The summed E-state index contributed by atoms with van der Waals surface area (Å²) in [4.78, 5) is 35.3. The van der Waals surface area contributed by atoms with Crippen molar-refractivity contribution < 1.29 is 24.2 Å². The fraction of sp³-hybridized carbons (Fsp3) is 0.423. The second kappa shape index (κ2) is 11.5. The van der Waals surface area contributed by atoms with Crippen LogP contribution in [0.15, 0.2) is 48.5 Å². The molecule has 0 fully saturated rings. The van der Waals surface area contributed by atoms with Crippen molar-refractivity contribution in [2.24, 2.45) is 11.8 Å². The Morgan fingerprint density at radius 3 is 2.12 bits per heavy atom. The Morgan fingerprint density at radius 1 is 0.939 bits per heavy atom. The number of ether oxygens (including phenoxy) is 1. The summed E-state index contributed by atoms with van der Waals surface area (Å²) in [5, 5.41) is 14.4. The highest BCUT2D eigenvalue weighted by Gasteiger charge is 2.29. The number of carbonyl (C=O) groups excluding carboxylic acids is 2. The summed E-state index contributed by atoms with van der Waals surface area (Å²) in [5.74, 6) is -1.17. The van der Waals surface area contributed by atoms with Gasteiger partial charge in [-0.1, -0.05) is 68.8 Å². The number of carboxylic acids is 1. The summed E-state index contributed by atoms with van der Waals surface area (Å²) in [6, 6.07) is 16.3. The number of carboxylic acid groups (broad SMARTS) is 1. The zero-order chi connectivity index (χ0) is 23.8. The molecule has 2 aromatic carbocycles. The van der Waals surface area contributed by atoms with Gasteiger partial charge in [-0.2, -0.15) is 0 Å². The molecular formula is C26H32N2O5. The molecule has 2 aromatic rings. The SMILES string of the molecule is CCC(CNC(=O)CC(C)CNC(=O)OCC1c2ccccc2-c2ccccc21)CC(=O)O. The van der Waals surface area contributed by atoms with Crippen molar-refractivity contribution in [1.29, 1.82) is 0 Å². The normalized spacial score (nSPS) is 14.0. The second-order valence-corrected chi connectivity index (χ2v) is 8.69. The molecule has 2 atom stereocenters. The molecule has 0 heterocycles. The van der Waals surface area contributed by atoms with Crippen molar-refractivity contribution in [3.05, 3.63) is 59.7 Å². The molecule has 0 bridgehead atoms. The number of rotatable bonds is 11. The van der Waals surface area contributed by atoms with Crippen LogP contribution in [0.25, 0.3) is 11.1 Å². The molecule has 0 saturated carbocycles. The van der Waals surface area contributed by atoms with Gasteiger partial charge in [-0.25, -0.2) is 4.79 Å². The lowest BCUT2D eigenvalue weighted by molar-refractivity contribution is -0.138. The molecule has 0 aliphatic heterocycles. The molecule has 7 nitrogen and oxygen atoms in total. The number of fused-ring (bicyclic) bond motifs is 3. The summed E-state index contributed by atoms with van der Waals surface area (Å²) >= 11 is 0. The van der Waals surface area contributed by atoms with E-state index >= 15 is 0 Å². The Kier molecular flexibility index (Phi) is 8.46. The van der Waals surface area contributed by atoms with Gasteiger partial charge in [-0.05, 0) is 34.1 Å². The van der Waals surface area contributed by atoms with Crippen molar-refractivity contribution in [3.63, 3.8) is 0 Å². The summed E-state index contributed by atoms with van der Waals surface area (Å²) in [7, 11) is 0. The van der Waals surface area contributed by atoms with Gasteiger partial charge >= 0.3 is 12.1 Å². The van der Waals surface area contributed by atoms with Gasteiger partial charge in [0.05, 0.1) is 0 Å². The number of amides is 2. The summed E-state index contributed by atoms with van der Waals surface area (Å²) in [6.07, 6.45) is 0.463. The topological polar surface area (TPSA) is 105 Å². The highest BCUT2D eigenvalue weighted by molar-refractivity contribution is 5.79. The predicted octanol–water partition coefficient (Wildman–Crippen LogP) is 4.17. The van der Waals surface area contributed by atoms with Crippen LogP contribution in [-0.2, 0) is 14.3 Å². The van der Waals surface area contributed by atoms with Gasteiger partial charge in [-0.3, -0.25) is 9.59 Å². The minimum atomic E-state index is -0.864. The van der Waals surface area contributed by atoms with Gasteiger partial charge in [-0.15, -0.1) is 0 Å². The Morgan fingerprint density at radius 2 is 1.55 bits per heavy atom. The van der Waals surface area contributed by atoms with Crippen LogP contribution in [0.2, 0.25) is 0 Å². The maximum atomic E-state index is 12.3. The number of carbonyl (C=O) groups is 3. The van der Waals surface area contributed by atoms with Gasteiger partial charge in [0, 0.05) is 31.8 Å². The maximum Gasteiger partial charge on any atom is 0.407 e. The van der Waals surface area contributed by atoms with E-state index in [1.54, 1.807) is 0 Å². The number of aliphatic carboxylic acids is 1.